The summed E-state index contributed by atoms with van der Waals surface area (Å²) in [5, 5.41) is 3.86. The van der Waals surface area contributed by atoms with E-state index in [1.807, 2.05) is 32.2 Å². The van der Waals surface area contributed by atoms with E-state index in [4.69, 9.17) is 16.3 Å². The van der Waals surface area contributed by atoms with E-state index < -0.39 is 0 Å². The van der Waals surface area contributed by atoms with Gasteiger partial charge in [-0.25, -0.2) is 0 Å². The Labute approximate surface area is 95.9 Å². The molecule has 1 N–H and O–H groups in total. The summed E-state index contributed by atoms with van der Waals surface area (Å²) in [6.45, 7) is 5.93. The van der Waals surface area contributed by atoms with Crippen molar-refractivity contribution in [2.24, 2.45) is 0 Å². The summed E-state index contributed by atoms with van der Waals surface area (Å²) in [6, 6.07) is 5.71. The predicted octanol–water partition coefficient (Wildman–Crippen LogP) is 3.19. The van der Waals surface area contributed by atoms with Crippen molar-refractivity contribution in [1.82, 2.24) is 5.32 Å². The Hall–Kier alpha value is -0.990. The van der Waals surface area contributed by atoms with Gasteiger partial charge in [0.25, 0.3) is 0 Å². The minimum absolute atomic E-state index is 0.0946. The lowest BCUT2D eigenvalue weighted by Crippen LogP contribution is -2.17. The van der Waals surface area contributed by atoms with E-state index in [0.717, 1.165) is 16.9 Å². The zero-order valence-corrected chi connectivity index (χ0v) is 10.1. The molecule has 82 valence electrons. The first-order valence-corrected chi connectivity index (χ1v) is 5.14. The van der Waals surface area contributed by atoms with Crippen molar-refractivity contribution in [3.8, 4) is 5.75 Å². The second kappa shape index (κ2) is 5.19. The number of halogens is 1. The van der Waals surface area contributed by atoms with Crippen LogP contribution in [0.4, 0.5) is 0 Å². The van der Waals surface area contributed by atoms with Gasteiger partial charge >= 0.3 is 0 Å². The highest BCUT2D eigenvalue weighted by Crippen LogP contribution is 2.31. The molecule has 0 fully saturated rings. The smallest absolute Gasteiger partial charge is 0.125 e. The number of benzene rings is 1. The van der Waals surface area contributed by atoms with Gasteiger partial charge in [0.05, 0.1) is 13.2 Å². The molecule has 0 aliphatic heterocycles. The number of hydrogen-bond acceptors (Lipinski definition) is 2. The zero-order chi connectivity index (χ0) is 11.4. The predicted molar refractivity (Wildman–Crippen MR) is 64.6 cm³/mol. The van der Waals surface area contributed by atoms with Gasteiger partial charge in [-0.3, -0.25) is 0 Å². The molecule has 0 aromatic heterocycles. The molecule has 1 atom stereocenters. The standard InChI is InChI=1S/C12H16ClNO/c1-8(2)12(14-3)10-6-5-9(13)7-11(10)15-4/h5-7,12,14H,1H2,2-4H3. The Bertz CT molecular complexity index is 363. The molecule has 0 amide bonds. The van der Waals surface area contributed by atoms with Gasteiger partial charge in [0, 0.05) is 10.6 Å². The van der Waals surface area contributed by atoms with Crippen LogP contribution in [0.5, 0.6) is 5.75 Å². The van der Waals surface area contributed by atoms with Crippen molar-refractivity contribution in [3.05, 3.63) is 40.9 Å². The summed E-state index contributed by atoms with van der Waals surface area (Å²) >= 11 is 5.90. The van der Waals surface area contributed by atoms with E-state index >= 15 is 0 Å². The van der Waals surface area contributed by atoms with Gasteiger partial charge in [0.15, 0.2) is 0 Å². The van der Waals surface area contributed by atoms with Crippen molar-refractivity contribution in [2.45, 2.75) is 13.0 Å². The van der Waals surface area contributed by atoms with Crippen molar-refractivity contribution in [1.29, 1.82) is 0 Å². The van der Waals surface area contributed by atoms with Gasteiger partial charge in [-0.15, -0.1) is 0 Å². The maximum Gasteiger partial charge on any atom is 0.125 e. The fourth-order valence-electron chi connectivity index (χ4n) is 1.59. The zero-order valence-electron chi connectivity index (χ0n) is 9.30. The van der Waals surface area contributed by atoms with E-state index in [1.54, 1.807) is 7.11 Å². The maximum absolute atomic E-state index is 5.90. The Morgan fingerprint density at radius 3 is 2.67 bits per heavy atom. The molecule has 0 saturated carbocycles. The Morgan fingerprint density at radius 1 is 1.53 bits per heavy atom. The van der Waals surface area contributed by atoms with Gasteiger partial charge < -0.3 is 10.1 Å². The van der Waals surface area contributed by atoms with Crippen LogP contribution in [0, 0.1) is 0 Å². The summed E-state index contributed by atoms with van der Waals surface area (Å²) in [4.78, 5) is 0. The maximum atomic E-state index is 5.90. The minimum Gasteiger partial charge on any atom is -0.496 e. The van der Waals surface area contributed by atoms with E-state index in [1.165, 1.54) is 0 Å². The van der Waals surface area contributed by atoms with Crippen LogP contribution in [0.1, 0.15) is 18.5 Å². The summed E-state index contributed by atoms with van der Waals surface area (Å²) in [5.41, 5.74) is 2.09. The van der Waals surface area contributed by atoms with Crippen molar-refractivity contribution in [3.63, 3.8) is 0 Å². The quantitative estimate of drug-likeness (QED) is 0.795. The summed E-state index contributed by atoms with van der Waals surface area (Å²) in [5.74, 6) is 0.782. The highest BCUT2D eigenvalue weighted by atomic mass is 35.5. The molecule has 15 heavy (non-hydrogen) atoms. The van der Waals surface area contributed by atoms with Crippen LogP contribution in [0.25, 0.3) is 0 Å². The highest BCUT2D eigenvalue weighted by Gasteiger charge is 2.14. The van der Waals surface area contributed by atoms with Gasteiger partial charge in [-0.2, -0.15) is 0 Å². The van der Waals surface area contributed by atoms with Gasteiger partial charge in [0.1, 0.15) is 5.75 Å². The third kappa shape index (κ3) is 2.74. The third-order valence-electron chi connectivity index (χ3n) is 2.29. The van der Waals surface area contributed by atoms with Crippen molar-refractivity contribution >= 4 is 11.6 Å². The molecule has 1 aromatic carbocycles. The summed E-state index contributed by atoms with van der Waals surface area (Å²) in [7, 11) is 3.54. The lowest BCUT2D eigenvalue weighted by atomic mass is 10.0. The van der Waals surface area contributed by atoms with Crippen molar-refractivity contribution < 1.29 is 4.74 Å². The third-order valence-corrected chi connectivity index (χ3v) is 2.52. The van der Waals surface area contributed by atoms with Crippen LogP contribution in [-0.4, -0.2) is 14.2 Å². The van der Waals surface area contributed by atoms with Gasteiger partial charge in [0.2, 0.25) is 0 Å². The fraction of sp³-hybridized carbons (Fsp3) is 0.333. The molecule has 2 nitrogen and oxygen atoms in total. The van der Waals surface area contributed by atoms with E-state index in [0.29, 0.717) is 5.02 Å². The van der Waals surface area contributed by atoms with Crippen LogP contribution < -0.4 is 10.1 Å². The minimum atomic E-state index is 0.0946. The monoisotopic (exact) mass is 225 g/mol. The average molecular weight is 226 g/mol. The molecule has 3 heteroatoms. The van der Waals surface area contributed by atoms with Crippen LogP contribution in [0.15, 0.2) is 30.4 Å². The molecule has 1 rings (SSSR count). The van der Waals surface area contributed by atoms with Gasteiger partial charge in [-0.05, 0) is 26.1 Å². The number of likely N-dealkylation sites (N-methyl/N-ethyl adjacent to an activating group) is 1. The highest BCUT2D eigenvalue weighted by molar-refractivity contribution is 6.30. The molecule has 0 bridgehead atoms. The number of ether oxygens (including phenoxy) is 1. The number of nitrogens with one attached hydrogen (secondary N) is 1. The second-order valence-electron chi connectivity index (χ2n) is 3.45. The van der Waals surface area contributed by atoms with Crippen LogP contribution in [0.3, 0.4) is 0 Å². The topological polar surface area (TPSA) is 21.3 Å². The Morgan fingerprint density at radius 2 is 2.20 bits per heavy atom. The molecule has 0 radical (unpaired) electrons. The SMILES string of the molecule is C=C(C)C(NC)c1ccc(Cl)cc1OC. The molecule has 1 unspecified atom stereocenters. The molecule has 0 aliphatic carbocycles. The first-order valence-electron chi connectivity index (χ1n) is 4.76. The fourth-order valence-corrected chi connectivity index (χ4v) is 1.75. The van der Waals surface area contributed by atoms with Crippen LogP contribution >= 0.6 is 11.6 Å². The molecule has 0 spiro atoms. The molecule has 0 heterocycles. The first-order chi connectivity index (χ1) is 7.10. The Kier molecular flexibility index (Phi) is 4.18. The number of rotatable bonds is 4. The van der Waals surface area contributed by atoms with Crippen molar-refractivity contribution in [2.75, 3.05) is 14.2 Å². The summed E-state index contributed by atoms with van der Waals surface area (Å²) in [6.07, 6.45) is 0. The summed E-state index contributed by atoms with van der Waals surface area (Å²) < 4.78 is 5.29. The lowest BCUT2D eigenvalue weighted by Gasteiger charge is -2.19. The molecular weight excluding hydrogens is 210 g/mol. The van der Waals surface area contributed by atoms with Crippen LogP contribution in [0.2, 0.25) is 5.02 Å². The average Bonchev–Trinajstić information content (AvgIpc) is 2.20. The molecule has 1 aromatic rings. The molecule has 0 aliphatic rings. The number of methoxy groups -OCH3 is 1. The van der Waals surface area contributed by atoms with Crippen LogP contribution in [-0.2, 0) is 0 Å². The number of hydrogen-bond donors (Lipinski definition) is 1. The molecule has 0 saturated heterocycles. The molecular formula is C12H16ClNO. The van der Waals surface area contributed by atoms with E-state index in [-0.39, 0.29) is 6.04 Å². The normalized spacial score (nSPS) is 12.3. The largest absolute Gasteiger partial charge is 0.496 e. The van der Waals surface area contributed by atoms with E-state index in [9.17, 15) is 0 Å². The van der Waals surface area contributed by atoms with Gasteiger partial charge in [-0.1, -0.05) is 29.8 Å². The first kappa shape index (κ1) is 12.1. The Balaban J connectivity index is 3.16. The van der Waals surface area contributed by atoms with E-state index in [2.05, 4.69) is 11.9 Å². The lowest BCUT2D eigenvalue weighted by molar-refractivity contribution is 0.405. The second-order valence-corrected chi connectivity index (χ2v) is 3.89.